The van der Waals surface area contributed by atoms with Crippen LogP contribution in [0.2, 0.25) is 0 Å². The summed E-state index contributed by atoms with van der Waals surface area (Å²) in [6.45, 7) is 11.3. The molecule has 0 aliphatic heterocycles. The second kappa shape index (κ2) is 10.2. The molecular formula is C22H33N3O2. The number of unbranched alkanes of at least 4 members (excludes halogenated alkanes) is 2. The first-order valence-corrected chi connectivity index (χ1v) is 10.1. The third kappa shape index (κ3) is 5.18. The average molecular weight is 372 g/mol. The molecule has 5 nitrogen and oxygen atoms in total. The van der Waals surface area contributed by atoms with Crippen molar-refractivity contribution in [3.8, 4) is 23.0 Å². The summed E-state index contributed by atoms with van der Waals surface area (Å²) in [5, 5.41) is 0. The fourth-order valence-corrected chi connectivity index (χ4v) is 2.93. The van der Waals surface area contributed by atoms with E-state index in [-0.39, 0.29) is 0 Å². The quantitative estimate of drug-likeness (QED) is 0.526. The number of aromatic nitrogens is 3. The Morgan fingerprint density at radius 1 is 0.889 bits per heavy atom. The van der Waals surface area contributed by atoms with E-state index < -0.39 is 0 Å². The standard InChI is InChI=1S/C22H33N3O2/c1-7-10-11-14-27-22-18(9-3)23-20(17(8-2)24-22)16-12-13-19(15(4)5)25-21(16)26-6/h12-13,15H,7-11,14H2,1-6H3. The summed E-state index contributed by atoms with van der Waals surface area (Å²) in [6.07, 6.45) is 4.92. The minimum Gasteiger partial charge on any atom is -0.480 e. The number of hydrogen-bond donors (Lipinski definition) is 0. The Balaban J connectivity index is 2.44. The van der Waals surface area contributed by atoms with Gasteiger partial charge >= 0.3 is 0 Å². The van der Waals surface area contributed by atoms with E-state index in [1.165, 1.54) is 12.8 Å². The predicted molar refractivity (Wildman–Crippen MR) is 110 cm³/mol. The first-order valence-electron chi connectivity index (χ1n) is 10.1. The third-order valence-electron chi connectivity index (χ3n) is 4.58. The summed E-state index contributed by atoms with van der Waals surface area (Å²) in [6, 6.07) is 4.09. The molecule has 27 heavy (non-hydrogen) atoms. The Morgan fingerprint density at radius 2 is 1.63 bits per heavy atom. The topological polar surface area (TPSA) is 57.1 Å². The molecule has 0 radical (unpaired) electrons. The van der Waals surface area contributed by atoms with Crippen molar-refractivity contribution >= 4 is 0 Å². The van der Waals surface area contributed by atoms with Crippen LogP contribution in [0, 0.1) is 0 Å². The molecule has 148 valence electrons. The molecule has 2 aromatic heterocycles. The lowest BCUT2D eigenvalue weighted by molar-refractivity contribution is 0.289. The predicted octanol–water partition coefficient (Wildman–Crippen LogP) is 5.36. The fourth-order valence-electron chi connectivity index (χ4n) is 2.93. The SMILES string of the molecule is CCCCCOc1nc(CC)c(-c2ccc(C(C)C)nc2OC)nc1CC. The first-order chi connectivity index (χ1) is 13.0. The zero-order chi connectivity index (χ0) is 19.8. The molecule has 0 bridgehead atoms. The van der Waals surface area contributed by atoms with E-state index in [1.807, 2.05) is 12.1 Å². The van der Waals surface area contributed by atoms with E-state index in [9.17, 15) is 0 Å². The number of pyridine rings is 1. The largest absolute Gasteiger partial charge is 0.480 e. The van der Waals surface area contributed by atoms with Crippen LogP contribution < -0.4 is 9.47 Å². The van der Waals surface area contributed by atoms with Gasteiger partial charge in [0.15, 0.2) is 0 Å². The molecular weight excluding hydrogens is 338 g/mol. The van der Waals surface area contributed by atoms with E-state index in [2.05, 4.69) is 39.6 Å². The minimum atomic E-state index is 0.342. The van der Waals surface area contributed by atoms with Crippen LogP contribution in [-0.2, 0) is 12.8 Å². The van der Waals surface area contributed by atoms with Gasteiger partial charge in [-0.3, -0.25) is 0 Å². The molecule has 0 amide bonds. The molecule has 0 unspecified atom stereocenters. The van der Waals surface area contributed by atoms with Crippen LogP contribution in [0.4, 0.5) is 0 Å². The van der Waals surface area contributed by atoms with E-state index in [1.54, 1.807) is 7.11 Å². The molecule has 0 fully saturated rings. The van der Waals surface area contributed by atoms with Crippen LogP contribution in [0.15, 0.2) is 12.1 Å². The monoisotopic (exact) mass is 371 g/mol. The highest BCUT2D eigenvalue weighted by Crippen LogP contribution is 2.32. The van der Waals surface area contributed by atoms with E-state index in [0.717, 1.165) is 47.6 Å². The van der Waals surface area contributed by atoms with Gasteiger partial charge in [-0.2, -0.15) is 0 Å². The lowest BCUT2D eigenvalue weighted by Gasteiger charge is -2.16. The maximum atomic E-state index is 5.95. The number of aryl methyl sites for hydroxylation is 2. The Morgan fingerprint density at radius 3 is 2.22 bits per heavy atom. The summed E-state index contributed by atoms with van der Waals surface area (Å²) in [4.78, 5) is 14.4. The molecule has 0 atom stereocenters. The van der Waals surface area contributed by atoms with Crippen LogP contribution in [0.3, 0.4) is 0 Å². The molecule has 0 aromatic carbocycles. The van der Waals surface area contributed by atoms with Crippen molar-refractivity contribution < 1.29 is 9.47 Å². The van der Waals surface area contributed by atoms with Crippen molar-refractivity contribution in [2.24, 2.45) is 0 Å². The van der Waals surface area contributed by atoms with Crippen LogP contribution >= 0.6 is 0 Å². The van der Waals surface area contributed by atoms with Gasteiger partial charge in [0, 0.05) is 5.69 Å². The van der Waals surface area contributed by atoms with Crippen molar-refractivity contribution in [1.82, 2.24) is 15.0 Å². The maximum Gasteiger partial charge on any atom is 0.235 e. The smallest absolute Gasteiger partial charge is 0.235 e. The fraction of sp³-hybridized carbons (Fsp3) is 0.591. The maximum absolute atomic E-state index is 5.95. The van der Waals surface area contributed by atoms with E-state index in [0.29, 0.717) is 24.3 Å². The zero-order valence-electron chi connectivity index (χ0n) is 17.6. The van der Waals surface area contributed by atoms with Crippen molar-refractivity contribution in [3.05, 3.63) is 29.2 Å². The number of ether oxygens (including phenoxy) is 2. The highest BCUT2D eigenvalue weighted by molar-refractivity contribution is 5.68. The molecule has 2 rings (SSSR count). The summed E-state index contributed by atoms with van der Waals surface area (Å²) >= 11 is 0. The Bertz CT molecular complexity index is 745. The molecule has 0 saturated heterocycles. The molecule has 2 heterocycles. The molecule has 0 saturated carbocycles. The first kappa shape index (κ1) is 21.1. The molecule has 0 spiro atoms. The zero-order valence-corrected chi connectivity index (χ0v) is 17.6. The molecule has 0 N–H and O–H groups in total. The molecule has 5 heteroatoms. The van der Waals surface area contributed by atoms with Gasteiger partial charge in [-0.25, -0.2) is 15.0 Å². The van der Waals surface area contributed by atoms with Crippen molar-refractivity contribution in [2.45, 2.75) is 72.6 Å². The summed E-state index contributed by atoms with van der Waals surface area (Å²) in [5.41, 5.74) is 4.53. The van der Waals surface area contributed by atoms with Crippen molar-refractivity contribution in [3.63, 3.8) is 0 Å². The van der Waals surface area contributed by atoms with Crippen LogP contribution in [0.1, 0.15) is 76.9 Å². The van der Waals surface area contributed by atoms with Gasteiger partial charge in [-0.1, -0.05) is 47.5 Å². The lowest BCUT2D eigenvalue weighted by atomic mass is 10.1. The molecule has 0 aliphatic carbocycles. The second-order valence-corrected chi connectivity index (χ2v) is 6.98. The van der Waals surface area contributed by atoms with Crippen LogP contribution in [-0.4, -0.2) is 28.7 Å². The van der Waals surface area contributed by atoms with Gasteiger partial charge in [0.05, 0.1) is 30.7 Å². The molecule has 2 aromatic rings. The number of rotatable bonds is 10. The molecule has 0 aliphatic rings. The normalized spacial score (nSPS) is 11.1. The highest BCUT2D eigenvalue weighted by Gasteiger charge is 2.19. The van der Waals surface area contributed by atoms with Crippen LogP contribution in [0.5, 0.6) is 11.8 Å². The summed E-state index contributed by atoms with van der Waals surface area (Å²) in [7, 11) is 1.65. The summed E-state index contributed by atoms with van der Waals surface area (Å²) < 4.78 is 11.5. The van der Waals surface area contributed by atoms with Gasteiger partial charge in [-0.15, -0.1) is 0 Å². The van der Waals surface area contributed by atoms with Gasteiger partial charge in [0.2, 0.25) is 11.8 Å². The van der Waals surface area contributed by atoms with Crippen molar-refractivity contribution in [1.29, 1.82) is 0 Å². The highest BCUT2D eigenvalue weighted by atomic mass is 16.5. The van der Waals surface area contributed by atoms with Gasteiger partial charge < -0.3 is 9.47 Å². The van der Waals surface area contributed by atoms with Crippen LogP contribution in [0.25, 0.3) is 11.3 Å². The third-order valence-corrected chi connectivity index (χ3v) is 4.58. The Labute approximate surface area is 163 Å². The Hall–Kier alpha value is -2.17. The number of nitrogens with zero attached hydrogens (tertiary/aromatic N) is 3. The second-order valence-electron chi connectivity index (χ2n) is 6.98. The number of methoxy groups -OCH3 is 1. The number of hydrogen-bond acceptors (Lipinski definition) is 5. The minimum absolute atomic E-state index is 0.342. The van der Waals surface area contributed by atoms with Gasteiger partial charge in [0.1, 0.15) is 5.69 Å². The van der Waals surface area contributed by atoms with E-state index in [4.69, 9.17) is 19.4 Å². The van der Waals surface area contributed by atoms with Gasteiger partial charge in [0.25, 0.3) is 0 Å². The van der Waals surface area contributed by atoms with Gasteiger partial charge in [-0.05, 0) is 37.3 Å². The van der Waals surface area contributed by atoms with E-state index >= 15 is 0 Å². The summed E-state index contributed by atoms with van der Waals surface area (Å²) in [5.74, 6) is 1.61. The average Bonchev–Trinajstić information content (AvgIpc) is 2.70. The Kier molecular flexibility index (Phi) is 8.01. The van der Waals surface area contributed by atoms with Crippen molar-refractivity contribution in [2.75, 3.05) is 13.7 Å². The lowest BCUT2D eigenvalue weighted by Crippen LogP contribution is -2.09.